The predicted molar refractivity (Wildman–Crippen MR) is 115 cm³/mol. The number of aliphatic imine (C=N–C) groups is 1. The Hall–Kier alpha value is -0.900. The van der Waals surface area contributed by atoms with Gasteiger partial charge in [0, 0.05) is 38.6 Å². The average Bonchev–Trinajstić information content (AvgIpc) is 3.13. The van der Waals surface area contributed by atoms with Gasteiger partial charge in [-0.3, -0.25) is 9.89 Å². The van der Waals surface area contributed by atoms with Crippen LogP contribution in [-0.4, -0.2) is 74.6 Å². The van der Waals surface area contributed by atoms with Crippen molar-refractivity contribution in [2.24, 2.45) is 4.99 Å². The maximum atomic E-state index is 9.66. The molecule has 7 heteroatoms. The van der Waals surface area contributed by atoms with E-state index in [0.717, 1.165) is 31.2 Å². The number of morpholine rings is 1. The van der Waals surface area contributed by atoms with Crippen molar-refractivity contribution >= 4 is 29.9 Å². The summed E-state index contributed by atoms with van der Waals surface area (Å²) in [5.41, 5.74) is 1.13. The van der Waals surface area contributed by atoms with Gasteiger partial charge in [0.25, 0.3) is 0 Å². The van der Waals surface area contributed by atoms with E-state index in [0.29, 0.717) is 12.6 Å². The number of aliphatic hydroxyl groups excluding tert-OH is 1. The Bertz CT molecular complexity index is 558. The van der Waals surface area contributed by atoms with E-state index >= 15 is 0 Å². The second-order valence-electron chi connectivity index (χ2n) is 6.87. The van der Waals surface area contributed by atoms with Gasteiger partial charge in [-0.2, -0.15) is 0 Å². The van der Waals surface area contributed by atoms with Crippen molar-refractivity contribution in [3.05, 3.63) is 35.9 Å². The van der Waals surface area contributed by atoms with Crippen molar-refractivity contribution in [1.29, 1.82) is 0 Å². The summed E-state index contributed by atoms with van der Waals surface area (Å²) in [6.45, 7) is 4.54. The molecule has 3 atom stereocenters. The van der Waals surface area contributed by atoms with Crippen molar-refractivity contribution in [3.63, 3.8) is 0 Å². The zero-order valence-corrected chi connectivity index (χ0v) is 17.8. The molecule has 0 saturated carbocycles. The molecule has 3 rings (SSSR count). The lowest BCUT2D eigenvalue weighted by Crippen LogP contribution is -2.51. The Labute approximate surface area is 173 Å². The third-order valence-electron chi connectivity index (χ3n) is 5.19. The molecule has 0 aromatic heterocycles. The molecule has 0 spiro atoms. The van der Waals surface area contributed by atoms with E-state index in [4.69, 9.17) is 4.74 Å². The first-order chi connectivity index (χ1) is 12.3. The van der Waals surface area contributed by atoms with E-state index in [-0.39, 0.29) is 42.6 Å². The standard InChI is InChI=1S/C19H30N4O2.HI/c1-20-19(21-10-16(13-24)15-6-3-2-4-7-15)22-11-18-12-23-9-5-8-17(23)14-25-18;/h2-4,6-7,16-18,24H,5,8-14H2,1H3,(H2,20,21,22);1H. The lowest BCUT2D eigenvalue weighted by Gasteiger charge is -2.35. The normalized spacial score (nSPS) is 24.5. The molecule has 6 nitrogen and oxygen atoms in total. The first kappa shape index (κ1) is 21.4. The van der Waals surface area contributed by atoms with Crippen molar-refractivity contribution in [1.82, 2.24) is 15.5 Å². The van der Waals surface area contributed by atoms with Gasteiger partial charge < -0.3 is 20.5 Å². The molecule has 146 valence electrons. The maximum Gasteiger partial charge on any atom is 0.191 e. The lowest BCUT2D eigenvalue weighted by molar-refractivity contribution is -0.0453. The summed E-state index contributed by atoms with van der Waals surface area (Å²) in [7, 11) is 1.77. The van der Waals surface area contributed by atoms with Crippen LogP contribution in [0.25, 0.3) is 0 Å². The number of nitrogens with one attached hydrogen (secondary N) is 2. The SMILES string of the molecule is CN=C(NCC1CN2CCCC2CO1)NCC(CO)c1ccccc1.I. The summed E-state index contributed by atoms with van der Waals surface area (Å²) in [5.74, 6) is 0.803. The van der Waals surface area contributed by atoms with Crippen LogP contribution in [0.5, 0.6) is 0 Å². The summed E-state index contributed by atoms with van der Waals surface area (Å²) in [6, 6.07) is 10.7. The fourth-order valence-corrected chi connectivity index (χ4v) is 3.67. The number of rotatable bonds is 6. The second kappa shape index (κ2) is 11.1. The third kappa shape index (κ3) is 5.80. The average molecular weight is 474 g/mol. The fourth-order valence-electron chi connectivity index (χ4n) is 3.67. The number of halogens is 1. The van der Waals surface area contributed by atoms with Crippen molar-refractivity contribution in [2.75, 3.05) is 46.4 Å². The van der Waals surface area contributed by atoms with Crippen molar-refractivity contribution in [3.8, 4) is 0 Å². The van der Waals surface area contributed by atoms with Crippen LogP contribution < -0.4 is 10.6 Å². The number of benzene rings is 1. The zero-order chi connectivity index (χ0) is 17.5. The van der Waals surface area contributed by atoms with Gasteiger partial charge in [0.1, 0.15) is 0 Å². The highest BCUT2D eigenvalue weighted by atomic mass is 127. The van der Waals surface area contributed by atoms with E-state index in [1.807, 2.05) is 30.3 Å². The summed E-state index contributed by atoms with van der Waals surface area (Å²) >= 11 is 0. The topological polar surface area (TPSA) is 69.1 Å². The molecule has 2 aliphatic rings. The van der Waals surface area contributed by atoms with Gasteiger partial charge in [0.2, 0.25) is 0 Å². The molecule has 2 fully saturated rings. The molecule has 26 heavy (non-hydrogen) atoms. The maximum absolute atomic E-state index is 9.66. The molecule has 2 aliphatic heterocycles. The van der Waals surface area contributed by atoms with Crippen LogP contribution >= 0.6 is 24.0 Å². The van der Waals surface area contributed by atoms with Crippen LogP contribution in [0.4, 0.5) is 0 Å². The second-order valence-corrected chi connectivity index (χ2v) is 6.87. The molecule has 2 saturated heterocycles. The minimum Gasteiger partial charge on any atom is -0.396 e. The molecule has 3 unspecified atom stereocenters. The summed E-state index contributed by atoms with van der Waals surface area (Å²) in [5, 5.41) is 16.3. The molecule has 0 aliphatic carbocycles. The fraction of sp³-hybridized carbons (Fsp3) is 0.632. The molecule has 0 amide bonds. The van der Waals surface area contributed by atoms with Gasteiger partial charge >= 0.3 is 0 Å². The smallest absolute Gasteiger partial charge is 0.191 e. The number of ether oxygens (including phenoxy) is 1. The summed E-state index contributed by atoms with van der Waals surface area (Å²) in [6.07, 6.45) is 2.76. The van der Waals surface area contributed by atoms with Crippen LogP contribution in [0.2, 0.25) is 0 Å². The van der Waals surface area contributed by atoms with Crippen LogP contribution in [0.3, 0.4) is 0 Å². The number of fused-ring (bicyclic) bond motifs is 1. The monoisotopic (exact) mass is 474 g/mol. The number of hydrogen-bond acceptors (Lipinski definition) is 4. The number of nitrogens with zero attached hydrogens (tertiary/aromatic N) is 2. The van der Waals surface area contributed by atoms with Gasteiger partial charge in [-0.1, -0.05) is 30.3 Å². The Balaban J connectivity index is 0.00000243. The first-order valence-electron chi connectivity index (χ1n) is 9.26. The Kier molecular flexibility index (Phi) is 9.10. The molecule has 1 aromatic rings. The molecular formula is C19H31IN4O2. The quantitative estimate of drug-likeness (QED) is 0.331. The van der Waals surface area contributed by atoms with Gasteiger partial charge in [-0.15, -0.1) is 24.0 Å². The van der Waals surface area contributed by atoms with E-state index in [9.17, 15) is 5.11 Å². The third-order valence-corrected chi connectivity index (χ3v) is 5.19. The molecule has 1 aromatic carbocycles. The summed E-state index contributed by atoms with van der Waals surface area (Å²) < 4.78 is 5.98. The Morgan fingerprint density at radius 3 is 2.88 bits per heavy atom. The van der Waals surface area contributed by atoms with Gasteiger partial charge in [-0.05, 0) is 24.9 Å². The highest BCUT2D eigenvalue weighted by Gasteiger charge is 2.32. The van der Waals surface area contributed by atoms with Gasteiger partial charge in [0.05, 0.1) is 19.3 Å². The first-order valence-corrected chi connectivity index (χ1v) is 9.26. The van der Waals surface area contributed by atoms with Crippen LogP contribution in [0.15, 0.2) is 35.3 Å². The molecule has 2 heterocycles. The summed E-state index contributed by atoms with van der Waals surface area (Å²) in [4.78, 5) is 6.83. The number of guanidine groups is 1. The minimum atomic E-state index is 0. The van der Waals surface area contributed by atoms with E-state index in [2.05, 4.69) is 20.5 Å². The van der Waals surface area contributed by atoms with E-state index in [1.54, 1.807) is 7.05 Å². The van der Waals surface area contributed by atoms with Gasteiger partial charge in [-0.25, -0.2) is 0 Å². The molecule has 0 radical (unpaired) electrons. The lowest BCUT2D eigenvalue weighted by atomic mass is 10.0. The van der Waals surface area contributed by atoms with Crippen LogP contribution in [-0.2, 0) is 4.74 Å². The number of aliphatic hydroxyl groups is 1. The largest absolute Gasteiger partial charge is 0.396 e. The molecule has 3 N–H and O–H groups in total. The number of hydrogen-bond donors (Lipinski definition) is 3. The Morgan fingerprint density at radius 1 is 1.35 bits per heavy atom. The Morgan fingerprint density at radius 2 is 2.15 bits per heavy atom. The molecular weight excluding hydrogens is 443 g/mol. The van der Waals surface area contributed by atoms with Crippen LogP contribution in [0.1, 0.15) is 24.3 Å². The van der Waals surface area contributed by atoms with Crippen LogP contribution in [0, 0.1) is 0 Å². The minimum absolute atomic E-state index is 0. The predicted octanol–water partition coefficient (Wildman–Crippen LogP) is 1.41. The van der Waals surface area contributed by atoms with Gasteiger partial charge in [0.15, 0.2) is 5.96 Å². The zero-order valence-electron chi connectivity index (χ0n) is 15.4. The van der Waals surface area contributed by atoms with E-state index < -0.39 is 0 Å². The van der Waals surface area contributed by atoms with Crippen molar-refractivity contribution in [2.45, 2.75) is 30.9 Å². The highest BCUT2D eigenvalue weighted by Crippen LogP contribution is 2.22. The van der Waals surface area contributed by atoms with Crippen molar-refractivity contribution < 1.29 is 9.84 Å². The highest BCUT2D eigenvalue weighted by molar-refractivity contribution is 14.0. The molecule has 0 bridgehead atoms. The van der Waals surface area contributed by atoms with E-state index in [1.165, 1.54) is 19.4 Å².